The molecule has 1 amide bonds. The van der Waals surface area contributed by atoms with Gasteiger partial charge in [-0.3, -0.25) is 4.79 Å². The zero-order valence-electron chi connectivity index (χ0n) is 10.4. The highest BCUT2D eigenvalue weighted by Gasteiger charge is 2.11. The van der Waals surface area contributed by atoms with Crippen molar-refractivity contribution in [3.8, 4) is 0 Å². The van der Waals surface area contributed by atoms with E-state index >= 15 is 0 Å². The Morgan fingerprint density at radius 3 is 2.85 bits per heavy atom. The van der Waals surface area contributed by atoms with Crippen molar-refractivity contribution in [2.75, 3.05) is 16.8 Å². The molecule has 0 spiro atoms. The van der Waals surface area contributed by atoms with Gasteiger partial charge in [0.1, 0.15) is 5.76 Å². The summed E-state index contributed by atoms with van der Waals surface area (Å²) in [5.41, 5.74) is 6.50. The molecule has 0 unspecified atom stereocenters. The number of benzene rings is 1. The number of rotatable bonds is 5. The van der Waals surface area contributed by atoms with Crippen molar-refractivity contribution in [1.29, 1.82) is 0 Å². The number of carbonyl (C=O) groups excluding carboxylic acids is 1. The van der Waals surface area contributed by atoms with Gasteiger partial charge in [0.15, 0.2) is 0 Å². The number of halogens is 2. The summed E-state index contributed by atoms with van der Waals surface area (Å²) in [6, 6.07) is 6.74. The number of nitrogens with two attached hydrogens (primary N) is 1. The number of hydrogen-bond donors (Lipinski definition) is 2. The maximum absolute atomic E-state index is 11.8. The van der Waals surface area contributed by atoms with Crippen molar-refractivity contribution in [3.63, 3.8) is 0 Å². The molecule has 2 aromatic rings. The molecule has 106 valence electrons. The summed E-state index contributed by atoms with van der Waals surface area (Å²) in [4.78, 5) is 11.8. The summed E-state index contributed by atoms with van der Waals surface area (Å²) in [6.45, 7) is 0. The van der Waals surface area contributed by atoms with Gasteiger partial charge in [0.05, 0.1) is 34.2 Å². The Labute approximate surface area is 130 Å². The van der Waals surface area contributed by atoms with Gasteiger partial charge >= 0.3 is 0 Å². The van der Waals surface area contributed by atoms with Crippen molar-refractivity contribution < 1.29 is 9.21 Å². The molecule has 0 bridgehead atoms. The molecule has 1 aromatic carbocycles. The van der Waals surface area contributed by atoms with Crippen LogP contribution >= 0.6 is 35.0 Å². The van der Waals surface area contributed by atoms with Crippen LogP contribution in [0.5, 0.6) is 0 Å². The van der Waals surface area contributed by atoms with Gasteiger partial charge in [0.25, 0.3) is 0 Å². The van der Waals surface area contributed by atoms with E-state index in [0.29, 0.717) is 27.2 Å². The predicted octanol–water partition coefficient (Wildman–Crippen LogP) is 4.04. The highest BCUT2D eigenvalue weighted by molar-refractivity contribution is 7.99. The molecule has 0 saturated carbocycles. The molecular formula is C13H12Cl2N2O2S. The summed E-state index contributed by atoms with van der Waals surface area (Å²) in [7, 11) is 0. The topological polar surface area (TPSA) is 68.3 Å². The van der Waals surface area contributed by atoms with Crippen LogP contribution in [0.4, 0.5) is 11.4 Å². The maximum Gasteiger partial charge on any atom is 0.234 e. The van der Waals surface area contributed by atoms with Gasteiger partial charge in [0, 0.05) is 5.02 Å². The Morgan fingerprint density at radius 2 is 2.20 bits per heavy atom. The van der Waals surface area contributed by atoms with Crippen LogP contribution in [0.2, 0.25) is 10.0 Å². The van der Waals surface area contributed by atoms with E-state index in [-0.39, 0.29) is 11.7 Å². The van der Waals surface area contributed by atoms with Gasteiger partial charge in [-0.15, -0.1) is 11.8 Å². The fourth-order valence-electron chi connectivity index (χ4n) is 1.54. The second-order valence-corrected chi connectivity index (χ2v) is 5.80. The molecule has 4 nitrogen and oxygen atoms in total. The number of carbonyl (C=O) groups is 1. The monoisotopic (exact) mass is 330 g/mol. The Balaban J connectivity index is 1.88. The molecule has 0 radical (unpaired) electrons. The lowest BCUT2D eigenvalue weighted by Gasteiger charge is -2.10. The van der Waals surface area contributed by atoms with Gasteiger partial charge in [0.2, 0.25) is 5.91 Å². The van der Waals surface area contributed by atoms with Crippen LogP contribution in [0.25, 0.3) is 0 Å². The van der Waals surface area contributed by atoms with Gasteiger partial charge in [-0.1, -0.05) is 23.2 Å². The number of hydrogen-bond acceptors (Lipinski definition) is 4. The molecule has 0 aliphatic rings. The van der Waals surface area contributed by atoms with Crippen LogP contribution in [-0.2, 0) is 10.5 Å². The third-order valence-corrected chi connectivity index (χ3v) is 3.88. The Hall–Kier alpha value is -1.30. The van der Waals surface area contributed by atoms with Gasteiger partial charge < -0.3 is 15.5 Å². The number of furan rings is 1. The zero-order chi connectivity index (χ0) is 14.5. The highest BCUT2D eigenvalue weighted by atomic mass is 35.5. The molecule has 0 atom stereocenters. The predicted molar refractivity (Wildman–Crippen MR) is 84.4 cm³/mol. The molecule has 0 fully saturated rings. The maximum atomic E-state index is 11.8. The third kappa shape index (κ3) is 4.10. The normalized spacial score (nSPS) is 10.5. The zero-order valence-corrected chi connectivity index (χ0v) is 12.7. The van der Waals surface area contributed by atoms with Crippen LogP contribution in [-0.4, -0.2) is 11.7 Å². The van der Waals surface area contributed by atoms with Crippen LogP contribution in [0.15, 0.2) is 34.9 Å². The summed E-state index contributed by atoms with van der Waals surface area (Å²) < 4.78 is 5.18. The summed E-state index contributed by atoms with van der Waals surface area (Å²) in [6.07, 6.45) is 1.60. The molecular weight excluding hydrogens is 319 g/mol. The van der Waals surface area contributed by atoms with E-state index in [2.05, 4.69) is 5.32 Å². The first kappa shape index (κ1) is 15.1. The van der Waals surface area contributed by atoms with Crippen molar-refractivity contribution >= 4 is 52.2 Å². The fraction of sp³-hybridized carbons (Fsp3) is 0.154. The van der Waals surface area contributed by atoms with Crippen molar-refractivity contribution in [2.45, 2.75) is 5.75 Å². The molecule has 1 heterocycles. The Kier molecular flexibility index (Phi) is 5.23. The minimum Gasteiger partial charge on any atom is -0.468 e. The van der Waals surface area contributed by atoms with Crippen LogP contribution in [0.3, 0.4) is 0 Å². The van der Waals surface area contributed by atoms with Gasteiger partial charge in [-0.25, -0.2) is 0 Å². The number of nitrogen functional groups attached to an aromatic ring is 1. The Bertz CT molecular complexity index is 579. The van der Waals surface area contributed by atoms with E-state index in [1.807, 2.05) is 12.1 Å². The number of nitrogens with one attached hydrogen (secondary N) is 1. The third-order valence-electron chi connectivity index (χ3n) is 2.41. The second-order valence-electron chi connectivity index (χ2n) is 3.97. The lowest BCUT2D eigenvalue weighted by molar-refractivity contribution is -0.113. The van der Waals surface area contributed by atoms with Crippen LogP contribution in [0, 0.1) is 0 Å². The lowest BCUT2D eigenvalue weighted by atomic mass is 10.2. The first-order valence-corrected chi connectivity index (χ1v) is 7.62. The number of anilines is 2. The average molecular weight is 331 g/mol. The molecule has 20 heavy (non-hydrogen) atoms. The van der Waals surface area contributed by atoms with E-state index in [0.717, 1.165) is 5.76 Å². The standard InChI is InChI=1S/C13H12Cl2N2O2S/c14-8-4-10(15)13(11(16)5-8)17-12(18)7-20-6-9-2-1-3-19-9/h1-5H,6-7,16H2,(H,17,18). The van der Waals surface area contributed by atoms with Crippen molar-refractivity contribution in [2.24, 2.45) is 0 Å². The summed E-state index contributed by atoms with van der Waals surface area (Å²) in [5.74, 6) is 1.55. The number of thioether (sulfide) groups is 1. The first-order valence-electron chi connectivity index (χ1n) is 5.71. The summed E-state index contributed by atoms with van der Waals surface area (Å²) in [5, 5.41) is 3.43. The minimum atomic E-state index is -0.183. The van der Waals surface area contributed by atoms with Gasteiger partial charge in [-0.05, 0) is 24.3 Å². The van der Waals surface area contributed by atoms with E-state index in [4.69, 9.17) is 33.4 Å². The molecule has 3 N–H and O–H groups in total. The van der Waals surface area contributed by atoms with Gasteiger partial charge in [-0.2, -0.15) is 0 Å². The molecule has 0 saturated heterocycles. The van der Waals surface area contributed by atoms with Crippen molar-refractivity contribution in [1.82, 2.24) is 0 Å². The largest absolute Gasteiger partial charge is 0.468 e. The van der Waals surface area contributed by atoms with Crippen LogP contribution in [0.1, 0.15) is 5.76 Å². The lowest BCUT2D eigenvalue weighted by Crippen LogP contribution is -2.15. The van der Waals surface area contributed by atoms with Crippen LogP contribution < -0.4 is 11.1 Å². The second kappa shape index (κ2) is 6.92. The average Bonchev–Trinajstić information content (AvgIpc) is 2.87. The SMILES string of the molecule is Nc1cc(Cl)cc(Cl)c1NC(=O)CSCc1ccco1. The highest BCUT2D eigenvalue weighted by Crippen LogP contribution is 2.32. The van der Waals surface area contributed by atoms with E-state index in [1.54, 1.807) is 12.3 Å². The van der Waals surface area contributed by atoms with E-state index in [1.165, 1.54) is 17.8 Å². The molecule has 1 aromatic heterocycles. The molecule has 0 aliphatic carbocycles. The minimum absolute atomic E-state index is 0.183. The smallest absolute Gasteiger partial charge is 0.234 e. The first-order chi connectivity index (χ1) is 9.56. The molecule has 2 rings (SSSR count). The van der Waals surface area contributed by atoms with E-state index in [9.17, 15) is 4.79 Å². The fourth-order valence-corrected chi connectivity index (χ4v) is 2.82. The van der Waals surface area contributed by atoms with Crippen molar-refractivity contribution in [3.05, 3.63) is 46.3 Å². The summed E-state index contributed by atoms with van der Waals surface area (Å²) >= 11 is 13.2. The Morgan fingerprint density at radius 1 is 1.40 bits per heavy atom. The van der Waals surface area contributed by atoms with E-state index < -0.39 is 0 Å². The molecule has 7 heteroatoms. The molecule has 0 aliphatic heterocycles. The number of amides is 1. The quantitative estimate of drug-likeness (QED) is 0.812.